The second-order valence-corrected chi connectivity index (χ2v) is 3.35. The monoisotopic (exact) mass is 218 g/mol. The maximum atomic E-state index is 11.5. The lowest BCUT2D eigenvalue weighted by Gasteiger charge is -2.00. The van der Waals surface area contributed by atoms with Crippen molar-refractivity contribution in [3.8, 4) is 0 Å². The third-order valence-electron chi connectivity index (χ3n) is 2.27. The van der Waals surface area contributed by atoms with Crippen LogP contribution in [0.15, 0.2) is 36.5 Å². The van der Waals surface area contributed by atoms with Crippen LogP contribution in [0.25, 0.3) is 10.9 Å². The Hall–Kier alpha value is -2.10. The van der Waals surface area contributed by atoms with Gasteiger partial charge in [-0.2, -0.15) is 0 Å². The molecular formula is C12H12NO3+. The van der Waals surface area contributed by atoms with E-state index in [1.807, 2.05) is 18.2 Å². The zero-order valence-electron chi connectivity index (χ0n) is 8.88. The van der Waals surface area contributed by atoms with E-state index >= 15 is 0 Å². The summed E-state index contributed by atoms with van der Waals surface area (Å²) in [5.74, 6) is -0.434. The van der Waals surface area contributed by atoms with Crippen LogP contribution < -0.4 is 4.73 Å². The van der Waals surface area contributed by atoms with Crippen molar-refractivity contribution in [2.75, 3.05) is 6.61 Å². The van der Waals surface area contributed by atoms with Crippen LogP contribution in [0.3, 0.4) is 0 Å². The summed E-state index contributed by atoms with van der Waals surface area (Å²) in [5.41, 5.74) is 0.985. The zero-order valence-corrected chi connectivity index (χ0v) is 8.88. The highest BCUT2D eigenvalue weighted by atomic mass is 16.5. The number of aromatic nitrogens is 1. The van der Waals surface area contributed by atoms with Crippen LogP contribution in [0, 0.1) is 0 Å². The molecule has 82 valence electrons. The van der Waals surface area contributed by atoms with Crippen LogP contribution in [0.2, 0.25) is 0 Å². The van der Waals surface area contributed by atoms with E-state index in [4.69, 9.17) is 4.74 Å². The molecule has 0 aliphatic carbocycles. The van der Waals surface area contributed by atoms with Gasteiger partial charge in [-0.1, -0.05) is 12.1 Å². The number of hydrogen-bond acceptors (Lipinski definition) is 3. The van der Waals surface area contributed by atoms with Crippen molar-refractivity contribution in [1.82, 2.24) is 0 Å². The molecule has 0 spiro atoms. The highest BCUT2D eigenvalue weighted by Gasteiger charge is 2.16. The molecule has 1 aromatic carbocycles. The van der Waals surface area contributed by atoms with Gasteiger partial charge in [-0.3, -0.25) is 5.21 Å². The van der Waals surface area contributed by atoms with Crippen LogP contribution in [-0.2, 0) is 4.74 Å². The minimum absolute atomic E-state index is 0.317. The molecule has 0 atom stereocenters. The molecule has 0 fully saturated rings. The van der Waals surface area contributed by atoms with E-state index in [0.717, 1.165) is 10.1 Å². The number of esters is 1. The lowest BCUT2D eigenvalue weighted by molar-refractivity contribution is -0.884. The molecule has 1 N–H and O–H groups in total. The summed E-state index contributed by atoms with van der Waals surface area (Å²) in [6.45, 7) is 2.06. The Morgan fingerprint density at radius 2 is 2.19 bits per heavy atom. The maximum Gasteiger partial charge on any atom is 0.344 e. The summed E-state index contributed by atoms with van der Waals surface area (Å²) in [6.07, 6.45) is 1.35. The molecule has 0 saturated carbocycles. The smallest absolute Gasteiger partial charge is 0.344 e. The van der Waals surface area contributed by atoms with Crippen molar-refractivity contribution in [3.63, 3.8) is 0 Å². The van der Waals surface area contributed by atoms with E-state index in [1.54, 1.807) is 19.1 Å². The number of para-hydroxylation sites is 1. The van der Waals surface area contributed by atoms with Crippen LogP contribution in [0.5, 0.6) is 0 Å². The van der Waals surface area contributed by atoms with Crippen LogP contribution in [0.1, 0.15) is 17.3 Å². The van der Waals surface area contributed by atoms with Crippen molar-refractivity contribution in [1.29, 1.82) is 0 Å². The van der Waals surface area contributed by atoms with Crippen LogP contribution >= 0.6 is 0 Å². The predicted octanol–water partition coefficient (Wildman–Crippen LogP) is 1.54. The Balaban J connectivity index is 2.53. The van der Waals surface area contributed by atoms with Gasteiger partial charge in [0.2, 0.25) is 6.20 Å². The van der Waals surface area contributed by atoms with E-state index in [-0.39, 0.29) is 0 Å². The maximum absolute atomic E-state index is 11.5. The molecule has 1 heterocycles. The Bertz CT molecular complexity index is 537. The quantitative estimate of drug-likeness (QED) is 0.472. The van der Waals surface area contributed by atoms with Gasteiger partial charge in [-0.15, -0.1) is 0 Å². The minimum atomic E-state index is -0.434. The van der Waals surface area contributed by atoms with Crippen LogP contribution in [0.4, 0.5) is 0 Å². The number of hydrogen-bond donors (Lipinski definition) is 1. The third-order valence-corrected chi connectivity index (χ3v) is 2.27. The molecular weight excluding hydrogens is 206 g/mol. The summed E-state index contributed by atoms with van der Waals surface area (Å²) in [5, 5.41) is 10.5. The Morgan fingerprint density at radius 1 is 1.44 bits per heavy atom. The molecule has 4 nitrogen and oxygen atoms in total. The standard InChI is InChI=1S/C12H12NO3/c1-2-16-12(14)10-7-9-5-3-4-6-11(9)13(15)8-10/h3-8,15H,2H2,1H3/q+1. The van der Waals surface area contributed by atoms with E-state index in [0.29, 0.717) is 17.7 Å². The molecule has 0 amide bonds. The van der Waals surface area contributed by atoms with Crippen molar-refractivity contribution >= 4 is 16.9 Å². The van der Waals surface area contributed by atoms with Gasteiger partial charge >= 0.3 is 5.97 Å². The van der Waals surface area contributed by atoms with Gasteiger partial charge in [0.1, 0.15) is 5.56 Å². The number of carbonyl (C=O) groups excluding carboxylic acids is 1. The third kappa shape index (κ3) is 1.82. The van der Waals surface area contributed by atoms with Gasteiger partial charge in [-0.05, 0) is 19.1 Å². The fourth-order valence-electron chi connectivity index (χ4n) is 1.55. The second-order valence-electron chi connectivity index (χ2n) is 3.35. The zero-order chi connectivity index (χ0) is 11.5. The largest absolute Gasteiger partial charge is 0.462 e. The van der Waals surface area contributed by atoms with Gasteiger partial charge < -0.3 is 4.74 Å². The average Bonchev–Trinajstić information content (AvgIpc) is 2.29. The van der Waals surface area contributed by atoms with Crippen molar-refractivity contribution in [2.24, 2.45) is 0 Å². The van der Waals surface area contributed by atoms with Gasteiger partial charge in [0, 0.05) is 10.8 Å². The first-order valence-electron chi connectivity index (χ1n) is 5.03. The normalized spacial score (nSPS) is 10.3. The molecule has 0 saturated heterocycles. The molecule has 16 heavy (non-hydrogen) atoms. The Morgan fingerprint density at radius 3 is 2.94 bits per heavy atom. The fraction of sp³-hybridized carbons (Fsp3) is 0.167. The van der Waals surface area contributed by atoms with Crippen molar-refractivity contribution < 1.29 is 19.5 Å². The second kappa shape index (κ2) is 4.18. The first kappa shape index (κ1) is 10.4. The van der Waals surface area contributed by atoms with Gasteiger partial charge in [0.15, 0.2) is 0 Å². The van der Waals surface area contributed by atoms with E-state index < -0.39 is 5.97 Å². The number of ether oxygens (including phenoxy) is 1. The molecule has 0 bridgehead atoms. The molecule has 2 aromatic rings. The number of benzene rings is 1. The van der Waals surface area contributed by atoms with Gasteiger partial charge in [0.05, 0.1) is 12.0 Å². The summed E-state index contributed by atoms with van der Waals surface area (Å²) >= 11 is 0. The van der Waals surface area contributed by atoms with Gasteiger partial charge in [0.25, 0.3) is 5.52 Å². The number of pyridine rings is 1. The molecule has 0 unspecified atom stereocenters. The lowest BCUT2D eigenvalue weighted by atomic mass is 10.1. The fourth-order valence-corrected chi connectivity index (χ4v) is 1.55. The first-order chi connectivity index (χ1) is 7.72. The average molecular weight is 218 g/mol. The summed E-state index contributed by atoms with van der Waals surface area (Å²) in [7, 11) is 0. The summed E-state index contributed by atoms with van der Waals surface area (Å²) in [4.78, 5) is 11.5. The SMILES string of the molecule is CCOC(=O)c1cc2ccccc2[n+](O)c1. The Labute approximate surface area is 92.7 Å². The summed E-state index contributed by atoms with van der Waals surface area (Å²) < 4.78 is 5.80. The number of carbonyl (C=O) groups is 1. The van der Waals surface area contributed by atoms with Crippen LogP contribution in [-0.4, -0.2) is 17.8 Å². The Kier molecular flexibility index (Phi) is 2.72. The van der Waals surface area contributed by atoms with Crippen molar-refractivity contribution in [2.45, 2.75) is 6.92 Å². The van der Waals surface area contributed by atoms with Crippen molar-refractivity contribution in [3.05, 3.63) is 42.1 Å². The molecule has 2 rings (SSSR count). The molecule has 4 heteroatoms. The minimum Gasteiger partial charge on any atom is -0.462 e. The highest BCUT2D eigenvalue weighted by molar-refractivity contribution is 5.92. The number of nitrogens with zero attached hydrogens (tertiary/aromatic N) is 1. The number of rotatable bonds is 2. The molecule has 1 aromatic heterocycles. The predicted molar refractivity (Wildman–Crippen MR) is 57.3 cm³/mol. The van der Waals surface area contributed by atoms with Gasteiger partial charge in [-0.25, -0.2) is 4.79 Å². The number of fused-ring (bicyclic) bond motifs is 1. The topological polar surface area (TPSA) is 50.4 Å². The van der Waals surface area contributed by atoms with E-state index in [2.05, 4.69) is 0 Å². The summed E-state index contributed by atoms with van der Waals surface area (Å²) in [6, 6.07) is 8.95. The first-order valence-corrected chi connectivity index (χ1v) is 5.03. The lowest BCUT2D eigenvalue weighted by Crippen LogP contribution is -2.31. The molecule has 0 radical (unpaired) electrons. The van der Waals surface area contributed by atoms with E-state index in [9.17, 15) is 10.0 Å². The molecule has 0 aliphatic heterocycles. The van der Waals surface area contributed by atoms with E-state index in [1.165, 1.54) is 6.20 Å². The highest BCUT2D eigenvalue weighted by Crippen LogP contribution is 2.11. The molecule has 0 aliphatic rings.